The smallest absolute Gasteiger partial charge is 0.433 e. The van der Waals surface area contributed by atoms with Crippen LogP contribution >= 0.6 is 22.7 Å². The number of sulfone groups is 1. The molecular weight excluding hydrogens is 612 g/mol. The van der Waals surface area contributed by atoms with E-state index < -0.39 is 44.5 Å². The summed E-state index contributed by atoms with van der Waals surface area (Å²) in [5.74, 6) is -1.27. The van der Waals surface area contributed by atoms with Crippen LogP contribution in [0.25, 0.3) is 10.6 Å². The third kappa shape index (κ3) is 7.38. The standard InChI is InChI=1S/C28H32F3N3O5S3/c1-5-39-25(36)23-17-11-10-16(27(2,3)4)14-20(17)41-24(23)34-22(35)9-7-13-42(37,38)26-32-18(19-8-6-12-40-19)15-21(33-26)28(29,30)31/h6,8,12,15-16H,5,7,9-11,13-14H2,1-4H3,(H,34,35). The second-order valence-corrected chi connectivity index (χ2v) is 15.2. The van der Waals surface area contributed by atoms with Crippen molar-refractivity contribution in [3.63, 3.8) is 0 Å². The van der Waals surface area contributed by atoms with E-state index >= 15 is 0 Å². The summed E-state index contributed by atoms with van der Waals surface area (Å²) in [6.07, 6.45) is -2.95. The van der Waals surface area contributed by atoms with Gasteiger partial charge in [0.05, 0.1) is 28.5 Å². The van der Waals surface area contributed by atoms with Crippen molar-refractivity contribution < 1.29 is 35.9 Å². The number of nitrogens with one attached hydrogen (secondary N) is 1. The van der Waals surface area contributed by atoms with Gasteiger partial charge in [-0.05, 0) is 67.0 Å². The summed E-state index contributed by atoms with van der Waals surface area (Å²) >= 11 is 2.44. The molecule has 0 fully saturated rings. The predicted octanol–water partition coefficient (Wildman–Crippen LogP) is 6.81. The summed E-state index contributed by atoms with van der Waals surface area (Å²) in [7, 11) is -4.35. The molecule has 0 bridgehead atoms. The predicted molar refractivity (Wildman–Crippen MR) is 156 cm³/mol. The number of alkyl halides is 3. The molecule has 0 aromatic carbocycles. The molecule has 1 aliphatic rings. The van der Waals surface area contributed by atoms with Gasteiger partial charge in [-0.1, -0.05) is 26.8 Å². The molecule has 42 heavy (non-hydrogen) atoms. The molecule has 1 atom stereocenters. The fourth-order valence-corrected chi connectivity index (χ4v) is 8.00. The number of ether oxygens (including phenoxy) is 1. The van der Waals surface area contributed by atoms with E-state index in [2.05, 4.69) is 36.1 Å². The Hall–Kier alpha value is -2.84. The minimum atomic E-state index is -4.87. The molecular formula is C28H32F3N3O5S3. The van der Waals surface area contributed by atoms with Crippen LogP contribution in [0.2, 0.25) is 0 Å². The highest BCUT2D eigenvalue weighted by molar-refractivity contribution is 7.91. The van der Waals surface area contributed by atoms with Crippen molar-refractivity contribution >= 4 is 49.4 Å². The lowest BCUT2D eigenvalue weighted by atomic mass is 9.72. The normalized spacial score (nSPS) is 15.7. The van der Waals surface area contributed by atoms with E-state index in [1.54, 1.807) is 18.4 Å². The minimum absolute atomic E-state index is 0.0779. The third-order valence-electron chi connectivity index (χ3n) is 7.09. The van der Waals surface area contributed by atoms with E-state index in [4.69, 9.17) is 4.74 Å². The Morgan fingerprint density at radius 1 is 1.19 bits per heavy atom. The van der Waals surface area contributed by atoms with Crippen molar-refractivity contribution in [1.29, 1.82) is 0 Å². The van der Waals surface area contributed by atoms with E-state index in [0.717, 1.165) is 34.6 Å². The lowest BCUT2D eigenvalue weighted by molar-refractivity contribution is -0.141. The van der Waals surface area contributed by atoms with Crippen LogP contribution in [0.1, 0.15) is 73.4 Å². The Labute approximate surface area is 250 Å². The molecule has 3 aromatic rings. The number of nitrogens with zero attached hydrogens (tertiary/aromatic N) is 2. The van der Waals surface area contributed by atoms with E-state index in [9.17, 15) is 31.2 Å². The first-order chi connectivity index (χ1) is 19.6. The molecule has 1 amide bonds. The van der Waals surface area contributed by atoms with Gasteiger partial charge in [-0.2, -0.15) is 13.2 Å². The van der Waals surface area contributed by atoms with Crippen molar-refractivity contribution in [2.75, 3.05) is 17.7 Å². The quantitative estimate of drug-likeness (QED) is 0.201. The molecule has 4 rings (SSSR count). The van der Waals surface area contributed by atoms with E-state index in [-0.39, 0.29) is 30.6 Å². The second-order valence-electron chi connectivity index (χ2n) is 11.1. The van der Waals surface area contributed by atoms with Crippen molar-refractivity contribution in [3.05, 3.63) is 45.3 Å². The molecule has 14 heteroatoms. The van der Waals surface area contributed by atoms with E-state index in [0.29, 0.717) is 33.8 Å². The highest BCUT2D eigenvalue weighted by Crippen LogP contribution is 2.44. The van der Waals surface area contributed by atoms with Gasteiger partial charge >= 0.3 is 12.1 Å². The Balaban J connectivity index is 1.49. The maximum atomic E-state index is 13.5. The van der Waals surface area contributed by atoms with Gasteiger partial charge in [0.1, 0.15) is 10.7 Å². The zero-order chi connectivity index (χ0) is 30.9. The number of anilines is 1. The van der Waals surface area contributed by atoms with Gasteiger partial charge < -0.3 is 10.1 Å². The maximum absolute atomic E-state index is 13.5. The summed E-state index contributed by atoms with van der Waals surface area (Å²) in [6.45, 7) is 8.39. The number of hydrogen-bond acceptors (Lipinski definition) is 9. The number of halogens is 3. The van der Waals surface area contributed by atoms with Crippen LogP contribution in [0.15, 0.2) is 28.7 Å². The van der Waals surface area contributed by atoms with Crippen LogP contribution in [0.3, 0.4) is 0 Å². The van der Waals surface area contributed by atoms with Crippen LogP contribution in [-0.4, -0.2) is 42.6 Å². The number of rotatable bonds is 9. The molecule has 3 heterocycles. The summed E-state index contributed by atoms with van der Waals surface area (Å²) in [4.78, 5) is 34.3. The number of aromatic nitrogens is 2. The Morgan fingerprint density at radius 3 is 2.55 bits per heavy atom. The molecule has 0 aliphatic heterocycles. The van der Waals surface area contributed by atoms with Crippen LogP contribution in [0.5, 0.6) is 0 Å². The molecule has 3 aromatic heterocycles. The number of carbonyl (C=O) groups is 2. The maximum Gasteiger partial charge on any atom is 0.433 e. The first-order valence-corrected chi connectivity index (χ1v) is 16.8. The number of hydrogen-bond donors (Lipinski definition) is 1. The summed E-state index contributed by atoms with van der Waals surface area (Å²) in [5, 5.41) is 3.81. The third-order valence-corrected chi connectivity index (χ3v) is 10.7. The van der Waals surface area contributed by atoms with Gasteiger partial charge in [0.2, 0.25) is 20.9 Å². The van der Waals surface area contributed by atoms with Crippen LogP contribution in [0.4, 0.5) is 18.2 Å². The number of amides is 1. The molecule has 0 radical (unpaired) electrons. The van der Waals surface area contributed by atoms with Crippen molar-refractivity contribution in [3.8, 4) is 10.6 Å². The van der Waals surface area contributed by atoms with Gasteiger partial charge in [-0.15, -0.1) is 22.7 Å². The van der Waals surface area contributed by atoms with Gasteiger partial charge in [0.25, 0.3) is 0 Å². The van der Waals surface area contributed by atoms with Gasteiger partial charge in [0.15, 0.2) is 0 Å². The number of carbonyl (C=O) groups excluding carboxylic acids is 2. The average Bonchev–Trinajstić information content (AvgIpc) is 3.55. The van der Waals surface area contributed by atoms with E-state index in [1.807, 2.05) is 0 Å². The second kappa shape index (κ2) is 12.4. The number of esters is 1. The van der Waals surface area contributed by atoms with Crippen molar-refractivity contribution in [2.24, 2.45) is 11.3 Å². The largest absolute Gasteiger partial charge is 0.462 e. The van der Waals surface area contributed by atoms with Crippen molar-refractivity contribution in [1.82, 2.24) is 9.97 Å². The monoisotopic (exact) mass is 643 g/mol. The molecule has 0 spiro atoms. The molecule has 0 saturated heterocycles. The Kier molecular flexibility index (Phi) is 9.48. The fraction of sp³-hybridized carbons (Fsp3) is 0.500. The summed E-state index contributed by atoms with van der Waals surface area (Å²) < 4.78 is 71.6. The average molecular weight is 644 g/mol. The van der Waals surface area contributed by atoms with Crippen LogP contribution in [-0.2, 0) is 38.4 Å². The lowest BCUT2D eigenvalue weighted by Crippen LogP contribution is -2.26. The molecule has 1 unspecified atom stereocenters. The zero-order valence-electron chi connectivity index (χ0n) is 23.6. The summed E-state index contributed by atoms with van der Waals surface area (Å²) in [5.41, 5.74) is -0.220. The van der Waals surface area contributed by atoms with Crippen LogP contribution < -0.4 is 5.32 Å². The minimum Gasteiger partial charge on any atom is -0.462 e. The Bertz CT molecular complexity index is 1560. The molecule has 1 aliphatic carbocycles. The summed E-state index contributed by atoms with van der Waals surface area (Å²) in [6, 6.07) is 3.86. The number of fused-ring (bicyclic) bond motifs is 1. The topological polar surface area (TPSA) is 115 Å². The van der Waals surface area contributed by atoms with Crippen LogP contribution in [0, 0.1) is 11.3 Å². The SMILES string of the molecule is CCOC(=O)c1c(NC(=O)CCCS(=O)(=O)c2nc(-c3cccs3)cc(C(F)(F)F)n2)sc2c1CCC(C(C)(C)C)C2. The van der Waals surface area contributed by atoms with Gasteiger partial charge in [0, 0.05) is 11.3 Å². The highest BCUT2D eigenvalue weighted by atomic mass is 32.2. The van der Waals surface area contributed by atoms with Crippen molar-refractivity contribution in [2.45, 2.75) is 71.1 Å². The molecule has 8 nitrogen and oxygen atoms in total. The lowest BCUT2D eigenvalue weighted by Gasteiger charge is -2.33. The molecule has 1 N–H and O–H groups in total. The first-order valence-electron chi connectivity index (χ1n) is 13.4. The Morgan fingerprint density at radius 2 is 1.93 bits per heavy atom. The molecule has 0 saturated carbocycles. The zero-order valence-corrected chi connectivity index (χ0v) is 26.1. The highest BCUT2D eigenvalue weighted by Gasteiger charge is 2.36. The van der Waals surface area contributed by atoms with E-state index in [1.165, 1.54) is 17.4 Å². The van der Waals surface area contributed by atoms with Gasteiger partial charge in [-0.25, -0.2) is 23.2 Å². The number of thiophene rings is 2. The fourth-order valence-electron chi connectivity index (χ4n) is 4.80. The van der Waals surface area contributed by atoms with Gasteiger partial charge in [-0.3, -0.25) is 4.79 Å². The molecule has 228 valence electrons. The first kappa shape index (κ1) is 32.1.